The minimum Gasteiger partial charge on any atom is -0.326 e. The van der Waals surface area contributed by atoms with Crippen molar-refractivity contribution < 1.29 is 23.2 Å². The first-order valence-corrected chi connectivity index (χ1v) is 5.32. The van der Waals surface area contributed by atoms with E-state index < -0.39 is 35.3 Å². The standard InChI is InChI=1S/C11H9F2N3O3/c12-7-2-1-5(3-8(7)13)14-9(17)4-6-10(18)15-16-11(6)19/h1-3,6H,4H2,(H,14,17)(H,15,18)(H,16,19). The lowest BCUT2D eigenvalue weighted by molar-refractivity contribution is -0.131. The Morgan fingerprint density at radius 3 is 2.37 bits per heavy atom. The Labute approximate surface area is 106 Å². The quantitative estimate of drug-likeness (QED) is 0.679. The van der Waals surface area contributed by atoms with Crippen LogP contribution >= 0.6 is 0 Å². The predicted octanol–water partition coefficient (Wildman–Crippen LogP) is 0.0706. The van der Waals surface area contributed by atoms with E-state index in [4.69, 9.17) is 0 Å². The third-order valence-electron chi connectivity index (χ3n) is 2.53. The Hall–Kier alpha value is -2.51. The number of carbonyl (C=O) groups is 3. The summed E-state index contributed by atoms with van der Waals surface area (Å²) in [5.74, 6) is -5.12. The van der Waals surface area contributed by atoms with Gasteiger partial charge in [-0.1, -0.05) is 0 Å². The van der Waals surface area contributed by atoms with Crippen LogP contribution in [0.1, 0.15) is 6.42 Å². The molecule has 6 nitrogen and oxygen atoms in total. The molecular weight excluding hydrogens is 260 g/mol. The molecule has 1 aliphatic heterocycles. The molecule has 1 saturated heterocycles. The molecule has 1 aromatic rings. The first-order chi connectivity index (χ1) is 8.97. The highest BCUT2D eigenvalue weighted by atomic mass is 19.2. The average molecular weight is 269 g/mol. The molecular formula is C11H9F2N3O3. The summed E-state index contributed by atoms with van der Waals surface area (Å²) in [6.07, 6.45) is -0.378. The van der Waals surface area contributed by atoms with Crippen LogP contribution in [-0.4, -0.2) is 17.7 Å². The Bertz CT molecular complexity index is 546. The van der Waals surface area contributed by atoms with Gasteiger partial charge in [0, 0.05) is 18.2 Å². The molecule has 0 atom stereocenters. The molecule has 3 amide bonds. The second-order valence-electron chi connectivity index (χ2n) is 3.91. The van der Waals surface area contributed by atoms with Crippen LogP contribution in [0.5, 0.6) is 0 Å². The summed E-state index contributed by atoms with van der Waals surface area (Å²) < 4.78 is 25.6. The third-order valence-corrected chi connectivity index (χ3v) is 2.53. The lowest BCUT2D eigenvalue weighted by atomic mass is 10.1. The summed E-state index contributed by atoms with van der Waals surface area (Å²) in [4.78, 5) is 33.9. The zero-order valence-corrected chi connectivity index (χ0v) is 9.50. The normalized spacial score (nSPS) is 15.1. The van der Waals surface area contributed by atoms with E-state index in [0.29, 0.717) is 0 Å². The topological polar surface area (TPSA) is 87.3 Å². The fourth-order valence-corrected chi connectivity index (χ4v) is 1.57. The van der Waals surface area contributed by atoms with Crippen molar-refractivity contribution in [2.45, 2.75) is 6.42 Å². The van der Waals surface area contributed by atoms with Crippen molar-refractivity contribution in [3.8, 4) is 0 Å². The maximum atomic E-state index is 12.9. The van der Waals surface area contributed by atoms with Gasteiger partial charge in [0.15, 0.2) is 11.6 Å². The zero-order chi connectivity index (χ0) is 14.0. The van der Waals surface area contributed by atoms with Crippen LogP contribution in [0.4, 0.5) is 14.5 Å². The molecule has 1 aliphatic rings. The summed E-state index contributed by atoms with van der Waals surface area (Å²) >= 11 is 0. The van der Waals surface area contributed by atoms with Crippen LogP contribution in [0, 0.1) is 17.6 Å². The number of rotatable bonds is 3. The number of anilines is 1. The summed E-state index contributed by atoms with van der Waals surface area (Å²) in [5.41, 5.74) is 4.20. The van der Waals surface area contributed by atoms with Gasteiger partial charge in [-0.15, -0.1) is 0 Å². The molecule has 2 rings (SSSR count). The van der Waals surface area contributed by atoms with Gasteiger partial charge < -0.3 is 5.32 Å². The zero-order valence-electron chi connectivity index (χ0n) is 9.50. The van der Waals surface area contributed by atoms with Crippen LogP contribution in [0.25, 0.3) is 0 Å². The lowest BCUT2D eigenvalue weighted by Gasteiger charge is -2.07. The van der Waals surface area contributed by atoms with Crippen molar-refractivity contribution >= 4 is 23.4 Å². The highest BCUT2D eigenvalue weighted by Crippen LogP contribution is 2.15. The molecule has 0 aliphatic carbocycles. The highest BCUT2D eigenvalue weighted by Gasteiger charge is 2.34. The van der Waals surface area contributed by atoms with Crippen molar-refractivity contribution in [2.24, 2.45) is 5.92 Å². The SMILES string of the molecule is O=C(CC1C(=O)NNC1=O)Nc1ccc(F)c(F)c1. The van der Waals surface area contributed by atoms with E-state index in [1.807, 2.05) is 0 Å². The second-order valence-corrected chi connectivity index (χ2v) is 3.91. The number of hydrogen-bond donors (Lipinski definition) is 3. The Kier molecular flexibility index (Phi) is 3.41. The molecule has 0 unspecified atom stereocenters. The lowest BCUT2D eigenvalue weighted by Crippen LogP contribution is -2.28. The first kappa shape index (κ1) is 12.9. The predicted molar refractivity (Wildman–Crippen MR) is 59.4 cm³/mol. The van der Waals surface area contributed by atoms with Gasteiger partial charge in [0.2, 0.25) is 5.91 Å². The molecule has 0 saturated carbocycles. The van der Waals surface area contributed by atoms with E-state index >= 15 is 0 Å². The average Bonchev–Trinajstić information content (AvgIpc) is 2.66. The molecule has 8 heteroatoms. The van der Waals surface area contributed by atoms with Gasteiger partial charge in [0.1, 0.15) is 5.92 Å². The summed E-state index contributed by atoms with van der Waals surface area (Å²) in [6, 6.07) is 2.84. The van der Waals surface area contributed by atoms with E-state index in [1.165, 1.54) is 6.07 Å². The molecule has 0 bridgehead atoms. The molecule has 0 spiro atoms. The maximum Gasteiger partial charge on any atom is 0.251 e. The maximum absolute atomic E-state index is 12.9. The van der Waals surface area contributed by atoms with E-state index in [1.54, 1.807) is 0 Å². The van der Waals surface area contributed by atoms with Gasteiger partial charge in [0.05, 0.1) is 0 Å². The van der Waals surface area contributed by atoms with E-state index in [0.717, 1.165) is 12.1 Å². The summed E-state index contributed by atoms with van der Waals surface area (Å²) in [7, 11) is 0. The largest absolute Gasteiger partial charge is 0.326 e. The number of halogens is 2. The number of benzene rings is 1. The number of hydrogen-bond acceptors (Lipinski definition) is 3. The van der Waals surface area contributed by atoms with Crippen molar-refractivity contribution in [1.82, 2.24) is 10.9 Å². The van der Waals surface area contributed by atoms with Crippen LogP contribution in [0.2, 0.25) is 0 Å². The van der Waals surface area contributed by atoms with Gasteiger partial charge in [-0.2, -0.15) is 0 Å². The minimum atomic E-state index is -1.12. The van der Waals surface area contributed by atoms with E-state index in [2.05, 4.69) is 16.2 Å². The second kappa shape index (κ2) is 5.01. The first-order valence-electron chi connectivity index (χ1n) is 5.32. The molecule has 1 aromatic carbocycles. The summed E-state index contributed by atoms with van der Waals surface area (Å²) in [6.45, 7) is 0. The Morgan fingerprint density at radius 1 is 1.16 bits per heavy atom. The fraction of sp³-hybridized carbons (Fsp3) is 0.182. The van der Waals surface area contributed by atoms with Gasteiger partial charge in [0.25, 0.3) is 11.8 Å². The molecule has 19 heavy (non-hydrogen) atoms. The van der Waals surface area contributed by atoms with E-state index in [-0.39, 0.29) is 12.1 Å². The van der Waals surface area contributed by atoms with Crippen molar-refractivity contribution in [2.75, 3.05) is 5.32 Å². The summed E-state index contributed by atoms with van der Waals surface area (Å²) in [5, 5.41) is 2.27. The van der Waals surface area contributed by atoms with Crippen molar-refractivity contribution in [1.29, 1.82) is 0 Å². The minimum absolute atomic E-state index is 0.0442. The molecule has 3 N–H and O–H groups in total. The van der Waals surface area contributed by atoms with Gasteiger partial charge in [-0.05, 0) is 12.1 Å². The van der Waals surface area contributed by atoms with Crippen LogP contribution in [-0.2, 0) is 14.4 Å². The van der Waals surface area contributed by atoms with Crippen LogP contribution in [0.15, 0.2) is 18.2 Å². The van der Waals surface area contributed by atoms with Crippen molar-refractivity contribution in [3.63, 3.8) is 0 Å². The molecule has 1 fully saturated rings. The fourth-order valence-electron chi connectivity index (χ4n) is 1.57. The van der Waals surface area contributed by atoms with Crippen LogP contribution < -0.4 is 16.2 Å². The number of nitrogens with one attached hydrogen (secondary N) is 3. The third kappa shape index (κ3) is 2.84. The van der Waals surface area contributed by atoms with Gasteiger partial charge in [-0.25, -0.2) is 8.78 Å². The van der Waals surface area contributed by atoms with Gasteiger partial charge in [-0.3, -0.25) is 25.2 Å². The Balaban J connectivity index is 1.99. The molecule has 0 aromatic heterocycles. The monoisotopic (exact) mass is 269 g/mol. The number of carbonyl (C=O) groups excluding carboxylic acids is 3. The van der Waals surface area contributed by atoms with Gasteiger partial charge >= 0.3 is 0 Å². The molecule has 1 heterocycles. The van der Waals surface area contributed by atoms with E-state index in [9.17, 15) is 23.2 Å². The number of hydrazine groups is 1. The molecule has 100 valence electrons. The van der Waals surface area contributed by atoms with Crippen LogP contribution in [0.3, 0.4) is 0 Å². The smallest absolute Gasteiger partial charge is 0.251 e. The highest BCUT2D eigenvalue weighted by molar-refractivity contribution is 6.08. The Morgan fingerprint density at radius 2 is 1.79 bits per heavy atom. The van der Waals surface area contributed by atoms with Crippen molar-refractivity contribution in [3.05, 3.63) is 29.8 Å². The molecule has 0 radical (unpaired) electrons. The number of amides is 3.